The van der Waals surface area contributed by atoms with E-state index < -0.39 is 35.0 Å². The number of azo groups is 1. The fourth-order valence-electron chi connectivity index (χ4n) is 8.79. The third kappa shape index (κ3) is 5.15. The second-order valence-corrected chi connectivity index (χ2v) is 14.7. The molecule has 8 rings (SSSR count). The van der Waals surface area contributed by atoms with Gasteiger partial charge in [0.15, 0.2) is 0 Å². The normalized spacial score (nSPS) is 26.8. The summed E-state index contributed by atoms with van der Waals surface area (Å²) in [6.45, 7) is 1.81. The van der Waals surface area contributed by atoms with Crippen LogP contribution in [0.25, 0.3) is 0 Å². The van der Waals surface area contributed by atoms with Gasteiger partial charge in [-0.1, -0.05) is 47.5 Å². The molecule has 0 radical (unpaired) electrons. The van der Waals surface area contributed by atoms with Crippen molar-refractivity contribution in [1.82, 2.24) is 0 Å². The Balaban J connectivity index is 1.13. The van der Waals surface area contributed by atoms with Crippen molar-refractivity contribution >= 4 is 63.7 Å². The summed E-state index contributed by atoms with van der Waals surface area (Å²) in [7, 11) is 3.93. The van der Waals surface area contributed by atoms with E-state index in [9.17, 15) is 24.3 Å². The van der Waals surface area contributed by atoms with Crippen LogP contribution >= 0.6 is 11.6 Å². The van der Waals surface area contributed by atoms with Crippen LogP contribution in [0.3, 0.4) is 0 Å². The van der Waals surface area contributed by atoms with Gasteiger partial charge in [0.05, 0.1) is 45.9 Å². The number of hydrogen-bond donors (Lipinski definition) is 1. The average molecular weight is 714 g/mol. The van der Waals surface area contributed by atoms with Crippen molar-refractivity contribution < 1.29 is 24.3 Å². The minimum Gasteiger partial charge on any atom is -0.508 e. The molecule has 1 N–H and O–H groups in total. The van der Waals surface area contributed by atoms with E-state index in [1.54, 1.807) is 54.6 Å². The molecule has 4 amide bonds. The molecular formula is C41H36ClN5O5. The number of aromatic hydroxyl groups is 1. The van der Waals surface area contributed by atoms with Gasteiger partial charge in [-0.05, 0) is 104 Å². The second kappa shape index (κ2) is 12.6. The Labute approximate surface area is 306 Å². The predicted molar refractivity (Wildman–Crippen MR) is 198 cm³/mol. The number of halogens is 1. The number of amides is 4. The summed E-state index contributed by atoms with van der Waals surface area (Å²) in [5.41, 5.74) is 3.39. The van der Waals surface area contributed by atoms with Crippen molar-refractivity contribution in [3.05, 3.63) is 119 Å². The van der Waals surface area contributed by atoms with Gasteiger partial charge in [-0.15, -0.1) is 0 Å². The number of phenolic OH excluding ortho intramolecular Hbond substituents is 1. The molecule has 11 heteroatoms. The van der Waals surface area contributed by atoms with Crippen LogP contribution in [0.4, 0.5) is 28.4 Å². The van der Waals surface area contributed by atoms with Crippen LogP contribution in [-0.2, 0) is 19.2 Å². The van der Waals surface area contributed by atoms with E-state index in [4.69, 9.17) is 11.6 Å². The van der Waals surface area contributed by atoms with Crippen molar-refractivity contribution in [2.45, 2.75) is 25.7 Å². The lowest BCUT2D eigenvalue weighted by Crippen LogP contribution is -2.49. The van der Waals surface area contributed by atoms with E-state index in [0.29, 0.717) is 34.7 Å². The van der Waals surface area contributed by atoms with Gasteiger partial charge in [-0.3, -0.25) is 24.1 Å². The minimum absolute atomic E-state index is 0.0291. The molecular weight excluding hydrogens is 678 g/mol. The number of phenols is 1. The number of fused-ring (bicyclic) bond motifs is 4. The molecule has 2 aliphatic heterocycles. The lowest BCUT2D eigenvalue weighted by atomic mass is 9.51. The average Bonchev–Trinajstić information content (AvgIpc) is 3.51. The number of benzene rings is 4. The summed E-state index contributed by atoms with van der Waals surface area (Å²) in [6.07, 6.45) is 2.51. The maximum absolute atomic E-state index is 14.5. The predicted octanol–water partition coefficient (Wildman–Crippen LogP) is 7.96. The zero-order valence-corrected chi connectivity index (χ0v) is 29.6. The van der Waals surface area contributed by atoms with E-state index in [1.165, 1.54) is 21.9 Å². The standard InChI is InChI=1S/C41H36ClN5O5/c1-41-33(38(50)47(40(41)52)26-7-5-4-6-8-26)22-32-29(36(41)30-18-17-28(48)21-34(30)42)19-20-31-35(32)39(51)46(37(31)49)27-15-11-24(12-16-27)44-43-23-9-13-25(14-10-23)45(2)3/h4-19,21,31-33,35-36,48H,20,22H2,1-3H3. The van der Waals surface area contributed by atoms with E-state index in [1.807, 2.05) is 62.3 Å². The first-order valence-corrected chi connectivity index (χ1v) is 17.7. The zero-order chi connectivity index (χ0) is 36.5. The molecule has 0 spiro atoms. The minimum atomic E-state index is -1.23. The Morgan fingerprint density at radius 2 is 1.40 bits per heavy atom. The van der Waals surface area contributed by atoms with Gasteiger partial charge in [-0.2, -0.15) is 10.2 Å². The lowest BCUT2D eigenvalue weighted by molar-refractivity contribution is -0.131. The van der Waals surface area contributed by atoms with Crippen LogP contribution in [0.5, 0.6) is 5.75 Å². The molecule has 4 aliphatic rings. The number of rotatable bonds is 6. The second-order valence-electron chi connectivity index (χ2n) is 14.3. The van der Waals surface area contributed by atoms with Gasteiger partial charge in [0.25, 0.3) is 0 Å². The number of imide groups is 2. The Morgan fingerprint density at radius 3 is 2.04 bits per heavy atom. The fraction of sp³-hybridized carbons (Fsp3) is 0.268. The number of anilines is 3. The Kier molecular flexibility index (Phi) is 8.10. The molecule has 2 heterocycles. The molecule has 52 heavy (non-hydrogen) atoms. The smallest absolute Gasteiger partial charge is 0.241 e. The van der Waals surface area contributed by atoms with Crippen LogP contribution in [0.2, 0.25) is 5.02 Å². The van der Waals surface area contributed by atoms with Crippen LogP contribution in [-0.4, -0.2) is 42.8 Å². The topological polar surface area (TPSA) is 123 Å². The van der Waals surface area contributed by atoms with Crippen LogP contribution in [0.1, 0.15) is 31.2 Å². The monoisotopic (exact) mass is 713 g/mol. The number of para-hydroxylation sites is 1. The quantitative estimate of drug-likeness (QED) is 0.123. The molecule has 10 nitrogen and oxygen atoms in total. The maximum Gasteiger partial charge on any atom is 0.241 e. The maximum atomic E-state index is 14.5. The molecule has 0 aromatic heterocycles. The first-order chi connectivity index (χ1) is 25.0. The largest absolute Gasteiger partial charge is 0.508 e. The van der Waals surface area contributed by atoms with Gasteiger partial charge in [0.1, 0.15) is 5.75 Å². The highest BCUT2D eigenvalue weighted by Crippen LogP contribution is 2.64. The Morgan fingerprint density at radius 1 is 0.769 bits per heavy atom. The summed E-state index contributed by atoms with van der Waals surface area (Å²) in [5.74, 6) is -4.64. The molecule has 2 aliphatic carbocycles. The molecule has 3 fully saturated rings. The van der Waals surface area contributed by atoms with Crippen LogP contribution < -0.4 is 14.7 Å². The highest BCUT2D eigenvalue weighted by molar-refractivity contribution is 6.32. The highest BCUT2D eigenvalue weighted by atomic mass is 35.5. The van der Waals surface area contributed by atoms with Crippen molar-refractivity contribution in [1.29, 1.82) is 0 Å². The lowest BCUT2D eigenvalue weighted by Gasteiger charge is -2.49. The van der Waals surface area contributed by atoms with E-state index in [2.05, 4.69) is 10.2 Å². The first-order valence-electron chi connectivity index (χ1n) is 17.3. The Bertz CT molecular complexity index is 2190. The van der Waals surface area contributed by atoms with Crippen molar-refractivity contribution in [2.75, 3.05) is 28.8 Å². The summed E-state index contributed by atoms with van der Waals surface area (Å²) in [6, 6.07) is 27.9. The summed E-state index contributed by atoms with van der Waals surface area (Å²) in [5, 5.41) is 19.1. The third-order valence-electron chi connectivity index (χ3n) is 11.3. The molecule has 6 atom stereocenters. The molecule has 262 valence electrons. The molecule has 4 aromatic carbocycles. The van der Waals surface area contributed by atoms with E-state index in [0.717, 1.165) is 11.3 Å². The van der Waals surface area contributed by atoms with Crippen molar-refractivity contribution in [3.8, 4) is 5.75 Å². The van der Waals surface area contributed by atoms with E-state index >= 15 is 0 Å². The number of carbonyl (C=O) groups is 4. The van der Waals surface area contributed by atoms with Crippen molar-refractivity contribution in [2.24, 2.45) is 39.3 Å². The summed E-state index contributed by atoms with van der Waals surface area (Å²) >= 11 is 6.80. The van der Waals surface area contributed by atoms with Crippen molar-refractivity contribution in [3.63, 3.8) is 0 Å². The van der Waals surface area contributed by atoms with Gasteiger partial charge < -0.3 is 10.0 Å². The van der Waals surface area contributed by atoms with Crippen LogP contribution in [0.15, 0.2) is 119 Å². The number of nitrogens with zero attached hydrogens (tertiary/aromatic N) is 5. The summed E-state index contributed by atoms with van der Waals surface area (Å²) < 4.78 is 0. The zero-order valence-electron chi connectivity index (χ0n) is 28.8. The molecule has 0 bridgehead atoms. The van der Waals surface area contributed by atoms with Crippen LogP contribution in [0, 0.1) is 29.1 Å². The Hall–Kier alpha value is -5.61. The number of allylic oxidation sites excluding steroid dienone is 2. The van der Waals surface area contributed by atoms with Gasteiger partial charge >= 0.3 is 0 Å². The number of carbonyl (C=O) groups excluding carboxylic acids is 4. The van der Waals surface area contributed by atoms with Gasteiger partial charge in [0.2, 0.25) is 23.6 Å². The number of hydrogen-bond acceptors (Lipinski definition) is 8. The van der Waals surface area contributed by atoms with E-state index in [-0.39, 0.29) is 40.8 Å². The SMILES string of the molecule is CN(C)c1ccc(N=Nc2ccc(N3C(=O)C4CC=C5C(CC6C(=O)N(c7ccccc7)C(=O)C6(C)C5c5ccc(O)cc5Cl)C4C3=O)cc2)cc1. The molecule has 6 unspecified atom stereocenters. The highest BCUT2D eigenvalue weighted by Gasteiger charge is 2.67. The molecule has 1 saturated carbocycles. The molecule has 4 aromatic rings. The fourth-order valence-corrected chi connectivity index (χ4v) is 9.07. The van der Waals surface area contributed by atoms with Gasteiger partial charge in [0, 0.05) is 30.7 Å². The van der Waals surface area contributed by atoms with Gasteiger partial charge in [-0.25, -0.2) is 4.90 Å². The third-order valence-corrected chi connectivity index (χ3v) is 11.7. The molecule has 2 saturated heterocycles. The summed E-state index contributed by atoms with van der Waals surface area (Å²) in [4.78, 5) is 61.8. The first kappa shape index (κ1) is 33.5.